The Morgan fingerprint density at radius 3 is 2.05 bits per heavy atom. The quantitative estimate of drug-likeness (QED) is 0.0466. The van der Waals surface area contributed by atoms with E-state index in [0.29, 0.717) is 38.9 Å². The lowest BCUT2D eigenvalue weighted by molar-refractivity contribution is -0.152. The molecule has 2 amide bonds. The van der Waals surface area contributed by atoms with Gasteiger partial charge in [0.2, 0.25) is 11.8 Å². The van der Waals surface area contributed by atoms with Crippen LogP contribution >= 0.6 is 0 Å². The van der Waals surface area contributed by atoms with Crippen molar-refractivity contribution < 1.29 is 47.7 Å². The zero-order valence-electron chi connectivity index (χ0n) is 41.7. The van der Waals surface area contributed by atoms with Gasteiger partial charge in [-0.25, -0.2) is 0 Å². The number of ether oxygens (including phenoxy) is 4. The number of hydrogen-bond acceptors (Lipinski definition) is 12. The second-order valence-corrected chi connectivity index (χ2v) is 18.9. The minimum atomic E-state index is -0.747. The standard InChI is InChI=1S/C50H84N4O10/c1-15-36(9)47(52(12)49(59)40(33(3)4)29-43(57)46(34(5)6)51(11)35(7)8)44(61-13)30-45(58)54-24-20-23-41(54)48(62-14)37(10)42(56)28-39(27-38-21-18-17-19-22-38)50(60)64-26-25-53(16-2)31-63-32-55/h17-19,21-22,32-37,39-41,44,46-48H,15-16,20,23-31H2,1-14H3/t36-,37-,39+,40-,41-,44+,46-,47-,48+/m0/s1. The van der Waals surface area contributed by atoms with E-state index in [1.165, 1.54) is 0 Å². The number of rotatable bonds is 31. The Balaban J connectivity index is 2.30. The predicted molar refractivity (Wildman–Crippen MR) is 249 cm³/mol. The van der Waals surface area contributed by atoms with Gasteiger partial charge in [-0.3, -0.25) is 38.6 Å². The van der Waals surface area contributed by atoms with Crippen LogP contribution in [0.3, 0.4) is 0 Å². The summed E-state index contributed by atoms with van der Waals surface area (Å²) in [5, 5.41) is 0. The Labute approximate surface area is 385 Å². The SMILES string of the molecule is CC[C@H](C)[C@@H]([C@@H](CC(=O)N1CCC[C@H]1[C@H](OC)[C@@H](C)C(=O)C[C@@H](Cc1ccccc1)C(=O)OCCN(CC)COC=O)OC)N(C)C(=O)[C@@H](CC(=O)[C@H](C(C)C)N(C)C(C)C)C(C)C. The maximum absolute atomic E-state index is 14.5. The molecular formula is C50H84N4O10. The minimum absolute atomic E-state index is 0.0139. The van der Waals surface area contributed by atoms with Crippen LogP contribution in [-0.2, 0) is 54.1 Å². The highest BCUT2D eigenvalue weighted by molar-refractivity contribution is 5.90. The van der Waals surface area contributed by atoms with E-state index < -0.39 is 48.0 Å². The molecule has 0 saturated carbocycles. The summed E-state index contributed by atoms with van der Waals surface area (Å²) in [4.78, 5) is 88.7. The van der Waals surface area contributed by atoms with Crippen molar-refractivity contribution in [3.8, 4) is 0 Å². The van der Waals surface area contributed by atoms with Gasteiger partial charge in [0.05, 0.1) is 42.7 Å². The Hall–Kier alpha value is -3.72. The van der Waals surface area contributed by atoms with Gasteiger partial charge in [0.15, 0.2) is 5.78 Å². The molecule has 0 aliphatic carbocycles. The second kappa shape index (κ2) is 28.3. The van der Waals surface area contributed by atoms with Crippen LogP contribution in [0.25, 0.3) is 0 Å². The van der Waals surface area contributed by atoms with E-state index in [9.17, 15) is 28.8 Å². The molecule has 14 nitrogen and oxygen atoms in total. The molecule has 1 aliphatic rings. The normalized spacial score (nSPS) is 18.1. The Bertz CT molecular complexity index is 1590. The number of esters is 1. The van der Waals surface area contributed by atoms with Crippen LogP contribution in [0.2, 0.25) is 0 Å². The molecular weight excluding hydrogens is 817 g/mol. The van der Waals surface area contributed by atoms with Crippen molar-refractivity contribution >= 4 is 35.8 Å². The van der Waals surface area contributed by atoms with Crippen LogP contribution in [0.1, 0.15) is 113 Å². The molecule has 1 heterocycles. The molecule has 1 fully saturated rings. The number of hydrogen-bond donors (Lipinski definition) is 0. The van der Waals surface area contributed by atoms with Gasteiger partial charge in [-0.15, -0.1) is 0 Å². The lowest BCUT2D eigenvalue weighted by Gasteiger charge is -2.41. The Morgan fingerprint density at radius 1 is 0.859 bits per heavy atom. The van der Waals surface area contributed by atoms with E-state index in [1.54, 1.807) is 38.0 Å². The van der Waals surface area contributed by atoms with E-state index in [0.717, 1.165) is 18.4 Å². The number of likely N-dealkylation sites (tertiary alicyclic amines) is 1. The smallest absolute Gasteiger partial charge is 0.309 e. The summed E-state index contributed by atoms with van der Waals surface area (Å²) in [7, 11) is 6.86. The number of benzene rings is 1. The van der Waals surface area contributed by atoms with Crippen LogP contribution in [0.4, 0.5) is 0 Å². The van der Waals surface area contributed by atoms with Crippen LogP contribution in [0.15, 0.2) is 30.3 Å². The molecule has 0 N–H and O–H groups in total. The zero-order valence-corrected chi connectivity index (χ0v) is 41.7. The third-order valence-corrected chi connectivity index (χ3v) is 13.6. The summed E-state index contributed by atoms with van der Waals surface area (Å²) in [6.45, 7) is 22.0. The first kappa shape index (κ1) is 56.4. The van der Waals surface area contributed by atoms with E-state index >= 15 is 0 Å². The fourth-order valence-electron chi connectivity index (χ4n) is 9.35. The van der Waals surface area contributed by atoms with Crippen LogP contribution in [0, 0.1) is 35.5 Å². The highest BCUT2D eigenvalue weighted by Gasteiger charge is 2.44. The number of Topliss-reactive ketones (excluding diaryl/α,β-unsaturated/α-hetero) is 2. The molecule has 2 rings (SSSR count). The number of likely N-dealkylation sites (N-methyl/N-ethyl adjacent to an activating group) is 3. The molecule has 1 aromatic rings. The number of carbonyl (C=O) groups is 6. The van der Waals surface area contributed by atoms with E-state index in [4.69, 9.17) is 18.9 Å². The molecule has 9 atom stereocenters. The number of nitrogens with zero attached hydrogens (tertiary/aromatic N) is 4. The van der Waals surface area contributed by atoms with Gasteiger partial charge in [-0.2, -0.15) is 0 Å². The van der Waals surface area contributed by atoms with Crippen molar-refractivity contribution in [1.29, 1.82) is 0 Å². The molecule has 364 valence electrons. The highest BCUT2D eigenvalue weighted by Crippen LogP contribution is 2.32. The van der Waals surface area contributed by atoms with Crippen molar-refractivity contribution in [1.82, 2.24) is 19.6 Å². The molecule has 0 spiro atoms. The first-order valence-corrected chi connectivity index (χ1v) is 23.7. The minimum Gasteiger partial charge on any atom is -0.464 e. The summed E-state index contributed by atoms with van der Waals surface area (Å²) in [6, 6.07) is 8.51. The zero-order chi connectivity index (χ0) is 48.3. The average Bonchev–Trinajstić information content (AvgIpc) is 3.75. The summed E-state index contributed by atoms with van der Waals surface area (Å²) in [5.74, 6) is -2.86. The average molecular weight is 901 g/mol. The van der Waals surface area contributed by atoms with Crippen LogP contribution < -0.4 is 0 Å². The van der Waals surface area contributed by atoms with Gasteiger partial charge < -0.3 is 28.7 Å². The third-order valence-electron chi connectivity index (χ3n) is 13.6. The second-order valence-electron chi connectivity index (χ2n) is 18.9. The van der Waals surface area contributed by atoms with Crippen LogP contribution in [0.5, 0.6) is 0 Å². The summed E-state index contributed by atoms with van der Waals surface area (Å²) >= 11 is 0. The molecule has 0 unspecified atom stereocenters. The van der Waals surface area contributed by atoms with Gasteiger partial charge in [0.1, 0.15) is 19.1 Å². The first-order chi connectivity index (χ1) is 30.3. The lowest BCUT2D eigenvalue weighted by Crippen LogP contribution is -2.54. The van der Waals surface area contributed by atoms with Gasteiger partial charge in [0.25, 0.3) is 6.47 Å². The van der Waals surface area contributed by atoms with Crippen molar-refractivity contribution in [3.63, 3.8) is 0 Å². The number of ketones is 2. The molecule has 0 bridgehead atoms. The van der Waals surface area contributed by atoms with Gasteiger partial charge in [0, 0.05) is 65.1 Å². The van der Waals surface area contributed by atoms with Gasteiger partial charge in [-0.1, -0.05) is 92.1 Å². The van der Waals surface area contributed by atoms with Crippen molar-refractivity contribution in [3.05, 3.63) is 35.9 Å². The van der Waals surface area contributed by atoms with E-state index in [-0.39, 0.29) is 85.8 Å². The molecule has 0 radical (unpaired) electrons. The summed E-state index contributed by atoms with van der Waals surface area (Å²) in [5.41, 5.74) is 0.897. The van der Waals surface area contributed by atoms with E-state index in [1.807, 2.05) is 76.9 Å². The fourth-order valence-corrected chi connectivity index (χ4v) is 9.35. The number of amides is 2. The molecule has 1 aliphatic heterocycles. The molecule has 1 saturated heterocycles. The topological polar surface area (TPSA) is 152 Å². The number of carbonyl (C=O) groups excluding carboxylic acids is 6. The maximum atomic E-state index is 14.5. The van der Waals surface area contributed by atoms with E-state index in [2.05, 4.69) is 32.6 Å². The molecule has 14 heteroatoms. The Morgan fingerprint density at radius 2 is 1.52 bits per heavy atom. The maximum Gasteiger partial charge on any atom is 0.309 e. The molecule has 1 aromatic carbocycles. The highest BCUT2D eigenvalue weighted by atomic mass is 16.5. The van der Waals surface area contributed by atoms with Gasteiger partial charge >= 0.3 is 5.97 Å². The van der Waals surface area contributed by atoms with Crippen molar-refractivity contribution in [2.75, 3.05) is 61.3 Å². The first-order valence-electron chi connectivity index (χ1n) is 23.7. The third kappa shape index (κ3) is 16.3. The Kier molecular flexibility index (Phi) is 25.0. The number of methoxy groups -OCH3 is 2. The summed E-state index contributed by atoms with van der Waals surface area (Å²) < 4.78 is 22.7. The monoisotopic (exact) mass is 901 g/mol. The van der Waals surface area contributed by atoms with Crippen molar-refractivity contribution in [2.24, 2.45) is 35.5 Å². The van der Waals surface area contributed by atoms with Gasteiger partial charge in [-0.05, 0) is 70.0 Å². The molecule has 64 heavy (non-hydrogen) atoms. The molecule has 0 aromatic heterocycles. The predicted octanol–water partition coefficient (Wildman–Crippen LogP) is 6.32. The summed E-state index contributed by atoms with van der Waals surface area (Å²) in [6.07, 6.45) is 1.21. The largest absolute Gasteiger partial charge is 0.464 e. The lowest BCUT2D eigenvalue weighted by atomic mass is 9.83. The fraction of sp³-hybridized carbons (Fsp3) is 0.760. The van der Waals surface area contributed by atoms with Crippen molar-refractivity contribution in [2.45, 2.75) is 151 Å². The van der Waals surface area contributed by atoms with Crippen LogP contribution in [-0.4, -0.2) is 153 Å².